The van der Waals surface area contributed by atoms with Crippen molar-refractivity contribution in [1.82, 2.24) is 0 Å². The minimum absolute atomic E-state index is 0.399. The molecular formula is C72H60N2O2. The van der Waals surface area contributed by atoms with Gasteiger partial charge in [0, 0.05) is 66.8 Å². The molecule has 0 N–H and O–H groups in total. The molecule has 11 aromatic carbocycles. The molecular weight excluding hydrogens is 925 g/mol. The predicted octanol–water partition coefficient (Wildman–Crippen LogP) is 21.5. The van der Waals surface area contributed by atoms with E-state index < -0.39 is 0 Å². The molecule has 0 radical (unpaired) electrons. The summed E-state index contributed by atoms with van der Waals surface area (Å²) in [5.74, 6) is 0.798. The van der Waals surface area contributed by atoms with Crippen molar-refractivity contribution in [3.8, 4) is 22.3 Å². The second-order valence-electron chi connectivity index (χ2n) is 21.6. The number of anilines is 6. The van der Waals surface area contributed by atoms with Crippen LogP contribution in [0.5, 0.6) is 0 Å². The fourth-order valence-corrected chi connectivity index (χ4v) is 11.5. The second-order valence-corrected chi connectivity index (χ2v) is 21.6. The molecule has 0 amide bonds. The van der Waals surface area contributed by atoms with Gasteiger partial charge in [-0.3, -0.25) is 0 Å². The van der Waals surface area contributed by atoms with E-state index >= 15 is 0 Å². The van der Waals surface area contributed by atoms with Gasteiger partial charge in [0.25, 0.3) is 0 Å². The highest BCUT2D eigenvalue weighted by Crippen LogP contribution is 2.52. The van der Waals surface area contributed by atoms with Crippen LogP contribution in [0.15, 0.2) is 215 Å². The van der Waals surface area contributed by atoms with Gasteiger partial charge in [0.1, 0.15) is 11.2 Å². The molecule has 4 heteroatoms. The zero-order valence-electron chi connectivity index (χ0n) is 44.5. The van der Waals surface area contributed by atoms with Gasteiger partial charge >= 0.3 is 0 Å². The lowest BCUT2D eigenvalue weighted by Crippen LogP contribution is -2.11. The number of rotatable bonds is 10. The SMILES string of the molecule is Cc1ccc(N(c2cccc(C(C)C)c2)c2ccc3cc4c(cc3c2)oc2c3oc5cc6cc(N(c7cccc(C(C)C)c7)c7ccc(C)c(C)c7)ccc6cc5c3c(-c3ccccc3)c(-c3ccccc3)c42)cc1C. The molecule has 370 valence electrons. The van der Waals surface area contributed by atoms with Crippen LogP contribution in [0.4, 0.5) is 34.1 Å². The molecule has 0 saturated heterocycles. The summed E-state index contributed by atoms with van der Waals surface area (Å²) in [4.78, 5) is 4.77. The maximum Gasteiger partial charge on any atom is 0.179 e. The molecule has 2 heterocycles. The molecule has 13 aromatic rings. The third-order valence-electron chi connectivity index (χ3n) is 15.9. The third-order valence-corrected chi connectivity index (χ3v) is 15.9. The standard InChI is InChI=1S/C72H60N2O2/c1-43(2)51-21-15-23-57(35-51)73(59-29-25-45(5)47(7)33-59)61-31-27-53-39-63-65(41-55(53)37-61)75-71-69(63)67(49-17-11-9-12-18-49)68(50-19-13-10-14-20-50)70-64-40-54-28-32-62(38-56(54)42-66(64)76-72(70)71)74(60-30-26-46(6)48(8)34-60)58-24-16-22-52(36-58)44(3)4/h9-44H,1-8H3. The quantitative estimate of drug-likeness (QED) is 0.137. The second kappa shape index (κ2) is 18.5. The molecule has 0 bridgehead atoms. The Morgan fingerprint density at radius 3 is 1.09 bits per heavy atom. The van der Waals surface area contributed by atoms with Gasteiger partial charge < -0.3 is 18.6 Å². The lowest BCUT2D eigenvalue weighted by atomic mass is 9.87. The number of benzene rings is 11. The summed E-state index contributed by atoms with van der Waals surface area (Å²) in [7, 11) is 0. The average molecular weight is 985 g/mol. The fraction of sp³-hybridized carbons (Fsp3) is 0.139. The third kappa shape index (κ3) is 7.99. The maximum absolute atomic E-state index is 7.27. The smallest absolute Gasteiger partial charge is 0.179 e. The Bertz CT molecular complexity index is 4120. The zero-order chi connectivity index (χ0) is 51.9. The van der Waals surface area contributed by atoms with Gasteiger partial charge in [0.2, 0.25) is 0 Å². The van der Waals surface area contributed by atoms with Crippen molar-refractivity contribution in [2.75, 3.05) is 9.80 Å². The first-order valence-electron chi connectivity index (χ1n) is 26.8. The van der Waals surface area contributed by atoms with E-state index in [4.69, 9.17) is 8.83 Å². The number of nitrogens with zero attached hydrogens (tertiary/aromatic N) is 2. The van der Waals surface area contributed by atoms with Gasteiger partial charge in [-0.25, -0.2) is 0 Å². The van der Waals surface area contributed by atoms with Crippen molar-refractivity contribution >= 4 is 99.5 Å². The average Bonchev–Trinajstić information content (AvgIpc) is 4.12. The first-order chi connectivity index (χ1) is 36.9. The molecule has 0 fully saturated rings. The van der Waals surface area contributed by atoms with E-state index in [2.05, 4.69) is 271 Å². The van der Waals surface area contributed by atoms with Gasteiger partial charge in [-0.05, 0) is 203 Å². The largest absolute Gasteiger partial charge is 0.452 e. The molecule has 0 aliphatic rings. The fourth-order valence-electron chi connectivity index (χ4n) is 11.5. The first kappa shape index (κ1) is 46.9. The van der Waals surface area contributed by atoms with E-state index in [0.29, 0.717) is 11.8 Å². The Hall–Kier alpha value is -8.86. The Morgan fingerprint density at radius 1 is 0.316 bits per heavy atom. The molecule has 0 aliphatic heterocycles. The maximum atomic E-state index is 7.27. The number of hydrogen-bond donors (Lipinski definition) is 0. The Balaban J connectivity index is 1.05. The Labute approximate surface area is 445 Å². The summed E-state index contributed by atoms with van der Waals surface area (Å²) < 4.78 is 14.5. The van der Waals surface area contributed by atoms with Crippen molar-refractivity contribution in [3.05, 3.63) is 240 Å². The van der Waals surface area contributed by atoms with Crippen LogP contribution in [0.2, 0.25) is 0 Å². The molecule has 0 atom stereocenters. The lowest BCUT2D eigenvalue weighted by Gasteiger charge is -2.27. The number of aryl methyl sites for hydroxylation is 4. The summed E-state index contributed by atoms with van der Waals surface area (Å²) in [5, 5.41) is 8.63. The van der Waals surface area contributed by atoms with Gasteiger partial charge in [-0.15, -0.1) is 0 Å². The van der Waals surface area contributed by atoms with Crippen LogP contribution in [0.1, 0.15) is 72.9 Å². The molecule has 2 aromatic heterocycles. The van der Waals surface area contributed by atoms with Gasteiger partial charge in [0.15, 0.2) is 11.2 Å². The van der Waals surface area contributed by atoms with Crippen LogP contribution in [0, 0.1) is 27.7 Å². The summed E-state index contributed by atoms with van der Waals surface area (Å²) in [6.45, 7) is 17.8. The normalized spacial score (nSPS) is 11.9. The van der Waals surface area contributed by atoms with E-state index in [1.807, 2.05) is 0 Å². The van der Waals surface area contributed by atoms with E-state index in [1.165, 1.54) is 33.4 Å². The summed E-state index contributed by atoms with van der Waals surface area (Å²) in [5.41, 5.74) is 21.9. The zero-order valence-corrected chi connectivity index (χ0v) is 44.5. The van der Waals surface area contributed by atoms with E-state index in [1.54, 1.807) is 0 Å². The van der Waals surface area contributed by atoms with Crippen LogP contribution in [0.3, 0.4) is 0 Å². The molecule has 4 nitrogen and oxygen atoms in total. The van der Waals surface area contributed by atoms with Crippen LogP contribution in [0.25, 0.3) is 87.7 Å². The monoisotopic (exact) mass is 984 g/mol. The summed E-state index contributed by atoms with van der Waals surface area (Å²) in [6.07, 6.45) is 0. The van der Waals surface area contributed by atoms with E-state index in [-0.39, 0.29) is 0 Å². The van der Waals surface area contributed by atoms with Crippen molar-refractivity contribution in [3.63, 3.8) is 0 Å². The van der Waals surface area contributed by atoms with Crippen molar-refractivity contribution in [2.24, 2.45) is 0 Å². The number of fused-ring (bicyclic) bond motifs is 9. The molecule has 0 unspecified atom stereocenters. The van der Waals surface area contributed by atoms with Gasteiger partial charge in [-0.1, -0.05) is 137 Å². The molecule has 0 saturated carbocycles. The lowest BCUT2D eigenvalue weighted by molar-refractivity contribution is 0.634. The highest BCUT2D eigenvalue weighted by atomic mass is 16.4. The van der Waals surface area contributed by atoms with E-state index in [0.717, 1.165) is 122 Å². The van der Waals surface area contributed by atoms with Crippen LogP contribution in [-0.4, -0.2) is 0 Å². The minimum Gasteiger partial charge on any atom is -0.452 e. The van der Waals surface area contributed by atoms with Gasteiger partial charge in [-0.2, -0.15) is 0 Å². The van der Waals surface area contributed by atoms with Crippen LogP contribution in [-0.2, 0) is 0 Å². The van der Waals surface area contributed by atoms with Crippen LogP contribution >= 0.6 is 0 Å². The van der Waals surface area contributed by atoms with Crippen molar-refractivity contribution < 1.29 is 8.83 Å². The molecule has 0 aliphatic carbocycles. The van der Waals surface area contributed by atoms with E-state index in [9.17, 15) is 0 Å². The Kier molecular flexibility index (Phi) is 11.4. The molecule has 13 rings (SSSR count). The summed E-state index contributed by atoms with van der Waals surface area (Å²) >= 11 is 0. The predicted molar refractivity (Wildman–Crippen MR) is 323 cm³/mol. The minimum atomic E-state index is 0.399. The van der Waals surface area contributed by atoms with Gasteiger partial charge in [0.05, 0.1) is 0 Å². The molecule has 0 spiro atoms. The number of furan rings is 2. The molecule has 76 heavy (non-hydrogen) atoms. The summed E-state index contributed by atoms with van der Waals surface area (Å²) in [6, 6.07) is 75.9. The van der Waals surface area contributed by atoms with Crippen molar-refractivity contribution in [1.29, 1.82) is 0 Å². The highest BCUT2D eigenvalue weighted by molar-refractivity contribution is 6.31. The first-order valence-corrected chi connectivity index (χ1v) is 26.8. The topological polar surface area (TPSA) is 32.8 Å². The highest BCUT2D eigenvalue weighted by Gasteiger charge is 2.28. The van der Waals surface area contributed by atoms with Crippen LogP contribution < -0.4 is 9.80 Å². The van der Waals surface area contributed by atoms with Crippen molar-refractivity contribution in [2.45, 2.75) is 67.2 Å². The number of hydrogen-bond acceptors (Lipinski definition) is 4. The Morgan fingerprint density at radius 2 is 0.697 bits per heavy atom.